The Labute approximate surface area is 91.3 Å². The van der Waals surface area contributed by atoms with Crippen LogP contribution in [0.3, 0.4) is 0 Å². The summed E-state index contributed by atoms with van der Waals surface area (Å²) in [4.78, 5) is 0. The Kier molecular flexibility index (Phi) is 2.96. The molecule has 0 radical (unpaired) electrons. The van der Waals surface area contributed by atoms with Gasteiger partial charge in [0.1, 0.15) is 5.75 Å². The van der Waals surface area contributed by atoms with Crippen molar-refractivity contribution in [1.29, 1.82) is 0 Å². The van der Waals surface area contributed by atoms with Gasteiger partial charge in [-0.1, -0.05) is 18.2 Å². The van der Waals surface area contributed by atoms with Crippen LogP contribution in [0, 0.1) is 12.8 Å². The average Bonchev–Trinajstić information content (AvgIpc) is 3.03. The lowest BCUT2D eigenvalue weighted by molar-refractivity contribution is 0.448. The smallest absolute Gasteiger partial charge is 0.122 e. The van der Waals surface area contributed by atoms with E-state index in [1.807, 2.05) is 25.1 Å². The van der Waals surface area contributed by atoms with Gasteiger partial charge in [-0.25, -0.2) is 0 Å². The van der Waals surface area contributed by atoms with Crippen LogP contribution < -0.4 is 5.32 Å². The van der Waals surface area contributed by atoms with E-state index < -0.39 is 0 Å². The molecule has 2 heteroatoms. The van der Waals surface area contributed by atoms with E-state index in [0.717, 1.165) is 23.6 Å². The zero-order valence-corrected chi connectivity index (χ0v) is 9.46. The minimum atomic E-state index is 0.438. The molecule has 0 saturated heterocycles. The molecule has 1 saturated carbocycles. The highest BCUT2D eigenvalue weighted by atomic mass is 16.3. The molecule has 1 unspecified atom stereocenters. The molecular formula is C13H19NO. The standard InChI is InChI=1S/C13H19NO/c1-9-4-3-5-12(13(9)15)8-14-10(2)11-6-7-11/h3-5,10-11,14-15H,6-8H2,1-2H3. The molecule has 0 bridgehead atoms. The van der Waals surface area contributed by atoms with Crippen molar-refractivity contribution >= 4 is 0 Å². The summed E-state index contributed by atoms with van der Waals surface area (Å²) >= 11 is 0. The van der Waals surface area contributed by atoms with Gasteiger partial charge in [-0.3, -0.25) is 0 Å². The summed E-state index contributed by atoms with van der Waals surface area (Å²) in [5.41, 5.74) is 1.95. The van der Waals surface area contributed by atoms with Gasteiger partial charge >= 0.3 is 0 Å². The van der Waals surface area contributed by atoms with Crippen molar-refractivity contribution in [2.24, 2.45) is 5.92 Å². The molecule has 1 aromatic carbocycles. The van der Waals surface area contributed by atoms with Crippen LogP contribution in [0.15, 0.2) is 18.2 Å². The van der Waals surface area contributed by atoms with Crippen molar-refractivity contribution in [3.8, 4) is 5.75 Å². The number of phenols is 1. The van der Waals surface area contributed by atoms with E-state index in [1.54, 1.807) is 0 Å². The number of rotatable bonds is 4. The number of aromatic hydroxyl groups is 1. The Bertz CT molecular complexity index is 344. The molecule has 1 aliphatic rings. The number of hydrogen-bond donors (Lipinski definition) is 2. The van der Waals surface area contributed by atoms with E-state index in [0.29, 0.717) is 11.8 Å². The Hall–Kier alpha value is -1.02. The Balaban J connectivity index is 1.95. The largest absolute Gasteiger partial charge is 0.507 e. The number of hydrogen-bond acceptors (Lipinski definition) is 2. The van der Waals surface area contributed by atoms with Gasteiger partial charge in [0, 0.05) is 18.2 Å². The van der Waals surface area contributed by atoms with E-state index >= 15 is 0 Å². The number of nitrogens with one attached hydrogen (secondary N) is 1. The fraction of sp³-hybridized carbons (Fsp3) is 0.538. The minimum absolute atomic E-state index is 0.438. The second kappa shape index (κ2) is 4.23. The molecule has 0 aliphatic heterocycles. The predicted octanol–water partition coefficient (Wildman–Crippen LogP) is 2.59. The van der Waals surface area contributed by atoms with Crippen molar-refractivity contribution in [3.05, 3.63) is 29.3 Å². The normalized spacial score (nSPS) is 17.7. The molecule has 0 amide bonds. The molecule has 2 N–H and O–H groups in total. The summed E-state index contributed by atoms with van der Waals surface area (Å²) in [6, 6.07) is 6.48. The van der Waals surface area contributed by atoms with Gasteiger partial charge in [0.15, 0.2) is 0 Å². The molecule has 1 fully saturated rings. The molecule has 2 rings (SSSR count). The SMILES string of the molecule is Cc1cccc(CNC(C)C2CC2)c1O. The van der Waals surface area contributed by atoms with E-state index in [9.17, 15) is 5.11 Å². The molecule has 2 nitrogen and oxygen atoms in total. The van der Waals surface area contributed by atoms with Crippen LogP contribution >= 0.6 is 0 Å². The first-order valence-corrected chi connectivity index (χ1v) is 5.69. The highest BCUT2D eigenvalue weighted by molar-refractivity contribution is 5.39. The summed E-state index contributed by atoms with van der Waals surface area (Å²) in [6.45, 7) is 4.93. The number of aryl methyl sites for hydroxylation is 1. The Morgan fingerprint density at radius 1 is 1.47 bits per heavy atom. The van der Waals surface area contributed by atoms with Crippen LogP contribution in [0.1, 0.15) is 30.9 Å². The van der Waals surface area contributed by atoms with Crippen molar-refractivity contribution in [2.45, 2.75) is 39.3 Å². The number of benzene rings is 1. The first kappa shape index (κ1) is 10.5. The fourth-order valence-electron chi connectivity index (χ4n) is 1.90. The molecule has 15 heavy (non-hydrogen) atoms. The van der Waals surface area contributed by atoms with E-state index in [-0.39, 0.29) is 0 Å². The van der Waals surface area contributed by atoms with Crippen LogP contribution in [0.5, 0.6) is 5.75 Å². The first-order valence-electron chi connectivity index (χ1n) is 5.69. The summed E-state index contributed by atoms with van der Waals surface area (Å²) in [7, 11) is 0. The van der Waals surface area contributed by atoms with Gasteiger partial charge < -0.3 is 10.4 Å². The Morgan fingerprint density at radius 3 is 2.87 bits per heavy atom. The second-order valence-electron chi connectivity index (χ2n) is 4.59. The van der Waals surface area contributed by atoms with Crippen molar-refractivity contribution in [3.63, 3.8) is 0 Å². The summed E-state index contributed by atoms with van der Waals surface area (Å²) in [6.07, 6.45) is 2.71. The molecule has 82 valence electrons. The number of phenolic OH excluding ortho intramolecular Hbond substituents is 1. The number of para-hydroxylation sites is 1. The monoisotopic (exact) mass is 205 g/mol. The van der Waals surface area contributed by atoms with E-state index in [1.165, 1.54) is 12.8 Å². The molecule has 1 aromatic rings. The van der Waals surface area contributed by atoms with Crippen molar-refractivity contribution in [1.82, 2.24) is 5.32 Å². The fourth-order valence-corrected chi connectivity index (χ4v) is 1.90. The topological polar surface area (TPSA) is 32.3 Å². The maximum absolute atomic E-state index is 9.82. The third kappa shape index (κ3) is 2.51. The summed E-state index contributed by atoms with van der Waals surface area (Å²) in [5.74, 6) is 1.30. The minimum Gasteiger partial charge on any atom is -0.507 e. The van der Waals surface area contributed by atoms with Gasteiger partial charge in [0.05, 0.1) is 0 Å². The average molecular weight is 205 g/mol. The molecule has 1 aliphatic carbocycles. The highest BCUT2D eigenvalue weighted by Gasteiger charge is 2.27. The van der Waals surface area contributed by atoms with Crippen molar-refractivity contribution in [2.75, 3.05) is 0 Å². The predicted molar refractivity (Wildman–Crippen MR) is 61.9 cm³/mol. The zero-order valence-electron chi connectivity index (χ0n) is 9.46. The molecule has 0 heterocycles. The van der Waals surface area contributed by atoms with Crippen LogP contribution in [0.2, 0.25) is 0 Å². The summed E-state index contributed by atoms with van der Waals surface area (Å²) < 4.78 is 0. The first-order chi connectivity index (χ1) is 7.18. The van der Waals surface area contributed by atoms with Crippen LogP contribution in [0.4, 0.5) is 0 Å². The lowest BCUT2D eigenvalue weighted by Gasteiger charge is -2.14. The zero-order chi connectivity index (χ0) is 10.8. The summed E-state index contributed by atoms with van der Waals surface area (Å²) in [5, 5.41) is 13.3. The van der Waals surface area contributed by atoms with Crippen molar-refractivity contribution < 1.29 is 5.11 Å². The maximum atomic E-state index is 9.82. The van der Waals surface area contributed by atoms with E-state index in [4.69, 9.17) is 0 Å². The van der Waals surface area contributed by atoms with Gasteiger partial charge in [0.2, 0.25) is 0 Å². The highest BCUT2D eigenvalue weighted by Crippen LogP contribution is 2.32. The van der Waals surface area contributed by atoms with Gasteiger partial charge in [-0.15, -0.1) is 0 Å². The lowest BCUT2D eigenvalue weighted by atomic mass is 10.1. The van der Waals surface area contributed by atoms with Crippen LogP contribution in [0.25, 0.3) is 0 Å². The quantitative estimate of drug-likeness (QED) is 0.792. The van der Waals surface area contributed by atoms with Crippen LogP contribution in [-0.2, 0) is 6.54 Å². The Morgan fingerprint density at radius 2 is 2.20 bits per heavy atom. The maximum Gasteiger partial charge on any atom is 0.122 e. The van der Waals surface area contributed by atoms with Gasteiger partial charge in [-0.05, 0) is 38.2 Å². The van der Waals surface area contributed by atoms with Crippen LogP contribution in [-0.4, -0.2) is 11.1 Å². The molecule has 1 atom stereocenters. The van der Waals surface area contributed by atoms with Gasteiger partial charge in [0.25, 0.3) is 0 Å². The third-order valence-corrected chi connectivity index (χ3v) is 3.26. The third-order valence-electron chi connectivity index (χ3n) is 3.26. The molecule has 0 spiro atoms. The van der Waals surface area contributed by atoms with E-state index in [2.05, 4.69) is 12.2 Å². The second-order valence-corrected chi connectivity index (χ2v) is 4.59. The molecular weight excluding hydrogens is 186 g/mol. The van der Waals surface area contributed by atoms with Gasteiger partial charge in [-0.2, -0.15) is 0 Å². The lowest BCUT2D eigenvalue weighted by Crippen LogP contribution is -2.27. The molecule has 0 aromatic heterocycles.